The van der Waals surface area contributed by atoms with Crippen molar-refractivity contribution in [2.75, 3.05) is 0 Å². The molecule has 212 valence electrons. The van der Waals surface area contributed by atoms with Crippen molar-refractivity contribution in [2.45, 2.75) is 55.6 Å². The molecule has 7 N–H and O–H groups in total. The Kier molecular flexibility index (Phi) is 8.31. The molecular formula is C28H29NO11. The van der Waals surface area contributed by atoms with Crippen LogP contribution in [-0.2, 0) is 23.9 Å². The number of ether oxygens (including phenoxy) is 2. The Bertz CT molecular complexity index is 1350. The van der Waals surface area contributed by atoms with Gasteiger partial charge in [0, 0.05) is 31.0 Å². The average molecular weight is 556 g/mol. The van der Waals surface area contributed by atoms with Crippen molar-refractivity contribution >= 4 is 30.0 Å². The van der Waals surface area contributed by atoms with Gasteiger partial charge in [-0.1, -0.05) is 12.1 Å². The van der Waals surface area contributed by atoms with Crippen LogP contribution in [0.2, 0.25) is 0 Å². The highest BCUT2D eigenvalue weighted by Gasteiger charge is 2.52. The average Bonchev–Trinajstić information content (AvgIpc) is 3.71. The minimum atomic E-state index is -2.10. The summed E-state index contributed by atoms with van der Waals surface area (Å²) in [7, 11) is 0. The molecule has 0 saturated heterocycles. The molecular weight excluding hydrogens is 526 g/mol. The molecule has 0 aliphatic heterocycles. The predicted octanol–water partition coefficient (Wildman–Crippen LogP) is 1.22. The van der Waals surface area contributed by atoms with Crippen molar-refractivity contribution in [1.29, 1.82) is 0 Å². The minimum Gasteiger partial charge on any atom is -0.504 e. The molecule has 1 amide bonds. The largest absolute Gasteiger partial charge is 0.504 e. The minimum absolute atomic E-state index is 0.0839. The highest BCUT2D eigenvalue weighted by molar-refractivity contribution is 5.89. The van der Waals surface area contributed by atoms with E-state index in [9.17, 15) is 45.0 Å². The van der Waals surface area contributed by atoms with E-state index in [-0.39, 0.29) is 17.5 Å². The predicted molar refractivity (Wildman–Crippen MR) is 139 cm³/mol. The van der Waals surface area contributed by atoms with Crippen molar-refractivity contribution < 1.29 is 54.5 Å². The molecule has 0 aromatic heterocycles. The van der Waals surface area contributed by atoms with Gasteiger partial charge in [0.15, 0.2) is 29.1 Å². The zero-order chi connectivity index (χ0) is 29.0. The molecule has 12 heteroatoms. The van der Waals surface area contributed by atoms with Crippen molar-refractivity contribution in [3.8, 4) is 23.0 Å². The second-order valence-electron chi connectivity index (χ2n) is 9.79. The summed E-state index contributed by atoms with van der Waals surface area (Å²) < 4.78 is 10.8. The molecule has 2 saturated carbocycles. The van der Waals surface area contributed by atoms with Crippen LogP contribution in [0.1, 0.15) is 36.8 Å². The van der Waals surface area contributed by atoms with Gasteiger partial charge in [-0.15, -0.1) is 0 Å². The molecule has 2 fully saturated rings. The highest BCUT2D eigenvalue weighted by Crippen LogP contribution is 2.34. The number of carbonyl (C=O) groups excluding carboxylic acids is 3. The molecule has 0 bridgehead atoms. The van der Waals surface area contributed by atoms with Gasteiger partial charge < -0.3 is 45.4 Å². The maximum absolute atomic E-state index is 12.7. The van der Waals surface area contributed by atoms with Gasteiger partial charge in [0.1, 0.15) is 11.7 Å². The Morgan fingerprint density at radius 1 is 0.800 bits per heavy atom. The number of carbonyl (C=O) groups is 3. The first-order valence-corrected chi connectivity index (χ1v) is 12.5. The normalized spacial score (nSPS) is 24.6. The Labute approximate surface area is 228 Å². The summed E-state index contributed by atoms with van der Waals surface area (Å²) in [5.74, 6) is -4.12. The zero-order valence-corrected chi connectivity index (χ0v) is 21.1. The maximum atomic E-state index is 12.7. The molecule has 2 aromatic rings. The number of aliphatic hydroxyl groups is 2. The second kappa shape index (κ2) is 11.7. The summed E-state index contributed by atoms with van der Waals surface area (Å²) in [6, 6.07) is 7.62. The van der Waals surface area contributed by atoms with E-state index in [4.69, 9.17) is 9.47 Å². The number of hydrogen-bond acceptors (Lipinski definition) is 11. The molecule has 2 aromatic carbocycles. The third-order valence-electron chi connectivity index (χ3n) is 6.51. The van der Waals surface area contributed by atoms with Crippen LogP contribution in [0.4, 0.5) is 0 Å². The maximum Gasteiger partial charge on any atom is 0.331 e. The van der Waals surface area contributed by atoms with Crippen molar-refractivity contribution in [2.24, 2.45) is 0 Å². The quantitative estimate of drug-likeness (QED) is 0.140. The summed E-state index contributed by atoms with van der Waals surface area (Å²) in [5.41, 5.74) is -1.39. The zero-order valence-electron chi connectivity index (χ0n) is 21.1. The first kappa shape index (κ1) is 28.5. The van der Waals surface area contributed by atoms with E-state index in [0.717, 1.165) is 25.0 Å². The Morgan fingerprint density at radius 2 is 1.32 bits per heavy atom. The molecule has 2 aliphatic carbocycles. The molecule has 12 nitrogen and oxygen atoms in total. The summed E-state index contributed by atoms with van der Waals surface area (Å²) in [5, 5.41) is 62.6. The fourth-order valence-electron chi connectivity index (χ4n) is 4.22. The van der Waals surface area contributed by atoms with Crippen LogP contribution < -0.4 is 5.32 Å². The van der Waals surface area contributed by atoms with Crippen LogP contribution in [0.3, 0.4) is 0 Å². The summed E-state index contributed by atoms with van der Waals surface area (Å²) in [6.07, 6.45) is 0.698. The number of hydrogen-bond donors (Lipinski definition) is 7. The lowest BCUT2D eigenvalue weighted by atomic mass is 9.78. The first-order valence-electron chi connectivity index (χ1n) is 12.5. The monoisotopic (exact) mass is 555 g/mol. The SMILES string of the molecule is O=C(/C=C/c1ccc(O)c(O)c1)O[C@@H]1[C@H](O)CC(O)(C(=O)NC2CC2)C[C@H]1OC(=O)/C=C/c1ccc(O)c(O)c1. The summed E-state index contributed by atoms with van der Waals surface area (Å²) in [4.78, 5) is 37.9. The van der Waals surface area contributed by atoms with Crippen molar-refractivity contribution in [1.82, 2.24) is 5.32 Å². The molecule has 1 unspecified atom stereocenters. The number of aliphatic hydroxyl groups excluding tert-OH is 1. The number of amides is 1. The molecule has 4 rings (SSSR count). The van der Waals surface area contributed by atoms with Gasteiger partial charge >= 0.3 is 11.9 Å². The molecule has 0 spiro atoms. The smallest absolute Gasteiger partial charge is 0.331 e. The molecule has 2 aliphatic rings. The Hall–Kier alpha value is -4.55. The van der Waals surface area contributed by atoms with Crippen molar-refractivity contribution in [3.63, 3.8) is 0 Å². The van der Waals surface area contributed by atoms with Crippen LogP contribution >= 0.6 is 0 Å². The lowest BCUT2D eigenvalue weighted by Crippen LogP contribution is -2.60. The highest BCUT2D eigenvalue weighted by atomic mass is 16.6. The van der Waals surface area contributed by atoms with Gasteiger partial charge in [-0.25, -0.2) is 9.59 Å². The van der Waals surface area contributed by atoms with Crippen LogP contribution in [0, 0.1) is 0 Å². The van der Waals surface area contributed by atoms with Gasteiger partial charge in [0.05, 0.1) is 6.10 Å². The molecule has 40 heavy (non-hydrogen) atoms. The number of aromatic hydroxyl groups is 4. The van der Waals surface area contributed by atoms with Gasteiger partial charge in [0.2, 0.25) is 0 Å². The number of phenolic OH excluding ortho intramolecular Hbond substituents is 4. The fraction of sp³-hybridized carbons (Fsp3) is 0.321. The summed E-state index contributed by atoms with van der Waals surface area (Å²) >= 11 is 0. The van der Waals surface area contributed by atoms with E-state index in [1.54, 1.807) is 0 Å². The molecule has 4 atom stereocenters. The Morgan fingerprint density at radius 3 is 1.82 bits per heavy atom. The van der Waals surface area contributed by atoms with E-state index in [1.807, 2.05) is 0 Å². The van der Waals surface area contributed by atoms with E-state index in [1.165, 1.54) is 48.6 Å². The van der Waals surface area contributed by atoms with Crippen LogP contribution in [0.25, 0.3) is 12.2 Å². The van der Waals surface area contributed by atoms with Crippen molar-refractivity contribution in [3.05, 3.63) is 59.7 Å². The number of nitrogens with one attached hydrogen (secondary N) is 1. The van der Waals surface area contributed by atoms with Gasteiger partial charge in [-0.2, -0.15) is 0 Å². The number of esters is 2. The van der Waals surface area contributed by atoms with Gasteiger partial charge in [-0.05, 0) is 60.4 Å². The lowest BCUT2D eigenvalue weighted by Gasteiger charge is -2.41. The van der Waals surface area contributed by atoms with Crippen LogP contribution in [-0.4, -0.2) is 78.4 Å². The third kappa shape index (κ3) is 7.10. The number of phenols is 4. The standard InChI is InChI=1S/C28H29NO11/c30-18-7-1-15(11-20(18)32)3-9-24(35)39-23-14-28(38,27(37)29-17-5-6-17)13-22(34)26(23)40-25(36)10-4-16-2-8-19(31)21(33)12-16/h1-4,7-12,17,22-23,26,30-34,38H,5-6,13-14H2,(H,29,37)/b9-3+,10-4+/t22-,23-,26-,28?/m1/s1. The molecule has 0 radical (unpaired) electrons. The second-order valence-corrected chi connectivity index (χ2v) is 9.79. The summed E-state index contributed by atoms with van der Waals surface area (Å²) in [6.45, 7) is 0. The number of benzene rings is 2. The van der Waals surface area contributed by atoms with E-state index in [2.05, 4.69) is 5.32 Å². The topological polar surface area (TPSA) is 203 Å². The third-order valence-corrected chi connectivity index (χ3v) is 6.51. The van der Waals surface area contributed by atoms with E-state index < -0.39 is 66.1 Å². The first-order chi connectivity index (χ1) is 18.9. The van der Waals surface area contributed by atoms with Crippen LogP contribution in [0.15, 0.2) is 48.6 Å². The van der Waals surface area contributed by atoms with Gasteiger partial charge in [-0.3, -0.25) is 4.79 Å². The number of rotatable bonds is 8. The van der Waals surface area contributed by atoms with Crippen LogP contribution in [0.5, 0.6) is 23.0 Å². The fourth-order valence-corrected chi connectivity index (χ4v) is 4.22. The Balaban J connectivity index is 1.50. The molecule has 0 heterocycles. The van der Waals surface area contributed by atoms with E-state index >= 15 is 0 Å². The lowest BCUT2D eigenvalue weighted by molar-refractivity contribution is -0.198. The van der Waals surface area contributed by atoms with Gasteiger partial charge in [0.25, 0.3) is 5.91 Å². The van der Waals surface area contributed by atoms with E-state index in [0.29, 0.717) is 11.1 Å².